The Morgan fingerprint density at radius 2 is 2.00 bits per heavy atom. The highest BCUT2D eigenvalue weighted by molar-refractivity contribution is 7.87. The van der Waals surface area contributed by atoms with Crippen LogP contribution in [0.3, 0.4) is 0 Å². The van der Waals surface area contributed by atoms with Gasteiger partial charge in [0.2, 0.25) is 5.91 Å². The van der Waals surface area contributed by atoms with E-state index in [1.165, 1.54) is 4.31 Å². The molecule has 108 valence electrons. The SMILES string of the molecule is O=C(O)CCCC(=O)N1CCN2C(CNS2(=O)=O)C1. The van der Waals surface area contributed by atoms with Gasteiger partial charge in [0.15, 0.2) is 0 Å². The van der Waals surface area contributed by atoms with Crippen molar-refractivity contribution >= 4 is 22.1 Å². The van der Waals surface area contributed by atoms with E-state index in [0.717, 1.165) is 0 Å². The predicted octanol–water partition coefficient (Wildman–Crippen LogP) is -1.40. The minimum Gasteiger partial charge on any atom is -0.481 e. The van der Waals surface area contributed by atoms with Crippen LogP contribution in [0.4, 0.5) is 0 Å². The van der Waals surface area contributed by atoms with Crippen molar-refractivity contribution in [2.75, 3.05) is 26.2 Å². The average molecular weight is 291 g/mol. The molecule has 8 nitrogen and oxygen atoms in total. The van der Waals surface area contributed by atoms with Crippen LogP contribution in [0, 0.1) is 0 Å². The van der Waals surface area contributed by atoms with Gasteiger partial charge < -0.3 is 10.0 Å². The van der Waals surface area contributed by atoms with Crippen molar-refractivity contribution in [1.29, 1.82) is 0 Å². The number of piperazine rings is 1. The summed E-state index contributed by atoms with van der Waals surface area (Å²) in [7, 11) is -3.36. The van der Waals surface area contributed by atoms with E-state index in [4.69, 9.17) is 5.11 Å². The van der Waals surface area contributed by atoms with Crippen LogP contribution in [0.25, 0.3) is 0 Å². The monoisotopic (exact) mass is 291 g/mol. The molecular formula is C10H17N3O5S. The smallest absolute Gasteiger partial charge is 0.303 e. The third-order valence-corrected chi connectivity index (χ3v) is 5.00. The van der Waals surface area contributed by atoms with Crippen LogP contribution < -0.4 is 4.72 Å². The van der Waals surface area contributed by atoms with Gasteiger partial charge in [-0.2, -0.15) is 12.7 Å². The number of fused-ring (bicyclic) bond motifs is 1. The third kappa shape index (κ3) is 3.23. The summed E-state index contributed by atoms with van der Waals surface area (Å²) in [5, 5.41) is 8.51. The van der Waals surface area contributed by atoms with E-state index in [1.807, 2.05) is 0 Å². The molecule has 2 aliphatic heterocycles. The summed E-state index contributed by atoms with van der Waals surface area (Å²) in [5.41, 5.74) is 0. The molecule has 9 heteroatoms. The molecule has 0 radical (unpaired) electrons. The standard InChI is InChI=1S/C10H17N3O5S/c14-9(2-1-3-10(15)16)12-4-5-13-8(7-12)6-11-19(13,17)18/h8,11H,1-7H2,(H,15,16). The van der Waals surface area contributed by atoms with Crippen molar-refractivity contribution in [3.8, 4) is 0 Å². The molecule has 0 saturated carbocycles. The van der Waals surface area contributed by atoms with E-state index in [1.54, 1.807) is 4.90 Å². The van der Waals surface area contributed by atoms with Crippen LogP contribution in [-0.2, 0) is 19.8 Å². The summed E-state index contributed by atoms with van der Waals surface area (Å²) >= 11 is 0. The van der Waals surface area contributed by atoms with Crippen LogP contribution >= 0.6 is 0 Å². The lowest BCUT2D eigenvalue weighted by Crippen LogP contribution is -2.53. The summed E-state index contributed by atoms with van der Waals surface area (Å²) in [6, 6.07) is -0.206. The molecule has 1 atom stereocenters. The largest absolute Gasteiger partial charge is 0.481 e. The van der Waals surface area contributed by atoms with Crippen molar-refractivity contribution in [3.63, 3.8) is 0 Å². The molecule has 1 amide bonds. The lowest BCUT2D eigenvalue weighted by atomic mass is 10.1. The first-order valence-corrected chi connectivity index (χ1v) is 7.60. The minimum atomic E-state index is -3.36. The molecule has 0 bridgehead atoms. The van der Waals surface area contributed by atoms with Gasteiger partial charge in [-0.05, 0) is 6.42 Å². The Morgan fingerprint density at radius 3 is 2.68 bits per heavy atom. The molecule has 2 N–H and O–H groups in total. The molecule has 0 aromatic carbocycles. The number of carboxylic acid groups (broad SMARTS) is 1. The molecule has 0 aromatic rings. The highest BCUT2D eigenvalue weighted by Gasteiger charge is 2.41. The van der Waals surface area contributed by atoms with Crippen molar-refractivity contribution in [1.82, 2.24) is 13.9 Å². The number of carbonyl (C=O) groups excluding carboxylic acids is 1. The second-order valence-corrected chi connectivity index (χ2v) is 6.41. The first-order valence-electron chi connectivity index (χ1n) is 6.16. The maximum Gasteiger partial charge on any atom is 0.303 e. The Balaban J connectivity index is 1.85. The number of hydrogen-bond donors (Lipinski definition) is 2. The number of amides is 1. The Morgan fingerprint density at radius 1 is 1.26 bits per heavy atom. The van der Waals surface area contributed by atoms with Crippen LogP contribution in [-0.4, -0.2) is 66.8 Å². The summed E-state index contributed by atoms with van der Waals surface area (Å²) < 4.78 is 27.0. The minimum absolute atomic E-state index is 0.0227. The maximum absolute atomic E-state index is 11.9. The van der Waals surface area contributed by atoms with E-state index >= 15 is 0 Å². The quantitative estimate of drug-likeness (QED) is 0.662. The van der Waals surface area contributed by atoms with E-state index in [-0.39, 0.29) is 24.8 Å². The van der Waals surface area contributed by atoms with Crippen molar-refractivity contribution < 1.29 is 23.1 Å². The van der Waals surface area contributed by atoms with Gasteiger partial charge in [0.1, 0.15) is 0 Å². The van der Waals surface area contributed by atoms with Gasteiger partial charge in [-0.3, -0.25) is 9.59 Å². The number of aliphatic carboxylic acids is 1. The molecule has 2 saturated heterocycles. The lowest BCUT2D eigenvalue weighted by molar-refractivity contribution is -0.137. The van der Waals surface area contributed by atoms with Crippen LogP contribution in [0.1, 0.15) is 19.3 Å². The molecule has 1 unspecified atom stereocenters. The van der Waals surface area contributed by atoms with E-state index in [2.05, 4.69) is 4.72 Å². The van der Waals surface area contributed by atoms with Crippen molar-refractivity contribution in [3.05, 3.63) is 0 Å². The number of hydrogen-bond acceptors (Lipinski definition) is 4. The number of carbonyl (C=O) groups is 2. The number of carboxylic acids is 1. The van der Waals surface area contributed by atoms with Gasteiger partial charge >= 0.3 is 5.97 Å². The Labute approximate surface area is 111 Å². The maximum atomic E-state index is 11.9. The number of nitrogens with one attached hydrogen (secondary N) is 1. The van der Waals surface area contributed by atoms with Crippen LogP contribution in [0.15, 0.2) is 0 Å². The Hall–Kier alpha value is -1.19. The highest BCUT2D eigenvalue weighted by atomic mass is 32.2. The lowest BCUT2D eigenvalue weighted by Gasteiger charge is -2.35. The molecule has 0 spiro atoms. The molecule has 2 aliphatic rings. The zero-order valence-corrected chi connectivity index (χ0v) is 11.2. The summed E-state index contributed by atoms with van der Waals surface area (Å²) in [4.78, 5) is 23.9. The molecule has 0 aliphatic carbocycles. The molecule has 2 fully saturated rings. The Bertz CT molecular complexity index is 478. The Kier molecular flexibility index (Phi) is 4.07. The van der Waals surface area contributed by atoms with Crippen LogP contribution in [0.2, 0.25) is 0 Å². The third-order valence-electron chi connectivity index (χ3n) is 3.37. The topological polar surface area (TPSA) is 107 Å². The van der Waals surface area contributed by atoms with Gasteiger partial charge in [-0.15, -0.1) is 0 Å². The summed E-state index contributed by atoms with van der Waals surface area (Å²) in [6.45, 7) is 1.35. The predicted molar refractivity (Wildman–Crippen MR) is 65.5 cm³/mol. The second-order valence-electron chi connectivity index (χ2n) is 4.71. The molecule has 0 aromatic heterocycles. The fraction of sp³-hybridized carbons (Fsp3) is 0.800. The van der Waals surface area contributed by atoms with Gasteiger partial charge in [-0.25, -0.2) is 4.72 Å². The fourth-order valence-corrected chi connectivity index (χ4v) is 3.81. The van der Waals surface area contributed by atoms with E-state index < -0.39 is 16.2 Å². The summed E-state index contributed by atoms with van der Waals surface area (Å²) in [6.07, 6.45) is 0.486. The van der Waals surface area contributed by atoms with Crippen molar-refractivity contribution in [2.45, 2.75) is 25.3 Å². The molecule has 2 rings (SSSR count). The molecule has 19 heavy (non-hydrogen) atoms. The number of nitrogens with zero attached hydrogens (tertiary/aromatic N) is 2. The van der Waals surface area contributed by atoms with Gasteiger partial charge in [0, 0.05) is 39.0 Å². The second kappa shape index (κ2) is 5.43. The molecule has 2 heterocycles. The zero-order valence-electron chi connectivity index (χ0n) is 10.4. The normalized spacial score (nSPS) is 26.1. The zero-order chi connectivity index (χ0) is 14.0. The number of rotatable bonds is 4. The van der Waals surface area contributed by atoms with Gasteiger partial charge in [0.05, 0.1) is 6.04 Å². The first kappa shape index (κ1) is 14.2. The van der Waals surface area contributed by atoms with Crippen molar-refractivity contribution in [2.24, 2.45) is 0 Å². The van der Waals surface area contributed by atoms with Crippen LogP contribution in [0.5, 0.6) is 0 Å². The van der Waals surface area contributed by atoms with Gasteiger partial charge in [-0.1, -0.05) is 0 Å². The molecular weight excluding hydrogens is 274 g/mol. The van der Waals surface area contributed by atoms with E-state index in [9.17, 15) is 18.0 Å². The first-order chi connectivity index (χ1) is 8.90. The van der Waals surface area contributed by atoms with Gasteiger partial charge in [0.25, 0.3) is 10.2 Å². The highest BCUT2D eigenvalue weighted by Crippen LogP contribution is 2.19. The van der Waals surface area contributed by atoms with E-state index in [0.29, 0.717) is 32.6 Å². The fourth-order valence-electron chi connectivity index (χ4n) is 2.38. The summed E-state index contributed by atoms with van der Waals surface area (Å²) in [5.74, 6) is -1.02. The average Bonchev–Trinajstić information content (AvgIpc) is 2.64.